The number of amides is 2. The van der Waals surface area contributed by atoms with Gasteiger partial charge in [0.05, 0.1) is 10.9 Å². The summed E-state index contributed by atoms with van der Waals surface area (Å²) in [6, 6.07) is 8.81. The summed E-state index contributed by atoms with van der Waals surface area (Å²) in [5, 5.41) is 12.7. The molecular weight excluding hydrogens is 486 g/mol. The molecule has 0 spiro atoms. The van der Waals surface area contributed by atoms with E-state index in [2.05, 4.69) is 40.7 Å². The van der Waals surface area contributed by atoms with E-state index in [9.17, 15) is 19.5 Å². The zero-order valence-electron chi connectivity index (χ0n) is 20.9. The molecule has 2 aromatic rings. The summed E-state index contributed by atoms with van der Waals surface area (Å²) in [5.41, 5.74) is 5.17. The van der Waals surface area contributed by atoms with Crippen LogP contribution < -0.4 is 5.32 Å². The molecule has 2 N–H and O–H groups in total. The monoisotopic (exact) mass is 515 g/mol. The van der Waals surface area contributed by atoms with Crippen LogP contribution in [-0.2, 0) is 9.59 Å². The second-order valence-corrected chi connectivity index (χ2v) is 10.2. The third kappa shape index (κ3) is 5.54. The van der Waals surface area contributed by atoms with Crippen LogP contribution in [0.15, 0.2) is 84.1 Å². The summed E-state index contributed by atoms with van der Waals surface area (Å²) in [5.74, 6) is -1.76. The van der Waals surface area contributed by atoms with Crippen molar-refractivity contribution in [3.05, 3.63) is 99.6 Å². The first-order valence-electron chi connectivity index (χ1n) is 12.0. The van der Waals surface area contributed by atoms with E-state index in [1.807, 2.05) is 36.4 Å². The maximum atomic E-state index is 13.0. The average Bonchev–Trinajstić information content (AvgIpc) is 3.39. The Morgan fingerprint density at radius 3 is 2.57 bits per heavy atom. The molecule has 0 fully saturated rings. The van der Waals surface area contributed by atoms with Crippen LogP contribution >= 0.6 is 11.3 Å². The lowest BCUT2D eigenvalue weighted by atomic mass is 9.86. The second kappa shape index (κ2) is 11.3. The molecular formula is C29H29N3O4S. The maximum absolute atomic E-state index is 13.0. The van der Waals surface area contributed by atoms with Crippen molar-refractivity contribution in [3.63, 3.8) is 0 Å². The third-order valence-electron chi connectivity index (χ3n) is 6.49. The zero-order chi connectivity index (χ0) is 26.5. The highest BCUT2D eigenvalue weighted by Crippen LogP contribution is 2.35. The van der Waals surface area contributed by atoms with Gasteiger partial charge in [0.15, 0.2) is 5.01 Å². The van der Waals surface area contributed by atoms with Crippen LogP contribution in [0.5, 0.6) is 0 Å². The molecule has 0 saturated heterocycles. The van der Waals surface area contributed by atoms with Crippen LogP contribution in [0.1, 0.15) is 40.5 Å². The number of aromatic nitrogens is 1. The number of hydrogen-bond donors (Lipinski definition) is 2. The van der Waals surface area contributed by atoms with E-state index in [0.29, 0.717) is 12.8 Å². The molecule has 7 nitrogen and oxygen atoms in total. The number of carboxylic acid groups (broad SMARTS) is 1. The van der Waals surface area contributed by atoms with Crippen molar-refractivity contribution in [3.8, 4) is 0 Å². The minimum atomic E-state index is -1.06. The Morgan fingerprint density at radius 2 is 1.95 bits per heavy atom. The predicted molar refractivity (Wildman–Crippen MR) is 146 cm³/mol. The minimum Gasteiger partial charge on any atom is -0.480 e. The molecule has 4 rings (SSSR count). The van der Waals surface area contributed by atoms with Gasteiger partial charge in [0.1, 0.15) is 6.04 Å². The molecule has 1 heterocycles. The van der Waals surface area contributed by atoms with E-state index in [4.69, 9.17) is 0 Å². The number of nitrogens with zero attached hydrogens (tertiary/aromatic N) is 2. The van der Waals surface area contributed by atoms with Gasteiger partial charge in [-0.1, -0.05) is 80.6 Å². The second-order valence-electron chi connectivity index (χ2n) is 9.21. The average molecular weight is 516 g/mol. The number of aliphatic carboxylic acids is 1. The van der Waals surface area contributed by atoms with Crippen molar-refractivity contribution in [2.75, 3.05) is 7.05 Å². The van der Waals surface area contributed by atoms with E-state index in [1.54, 1.807) is 20.0 Å². The van der Waals surface area contributed by atoms with E-state index in [-0.39, 0.29) is 10.9 Å². The summed E-state index contributed by atoms with van der Waals surface area (Å²) < 4.78 is 0. The molecule has 1 aromatic carbocycles. The zero-order valence-corrected chi connectivity index (χ0v) is 21.7. The molecule has 0 aliphatic heterocycles. The molecule has 190 valence electrons. The van der Waals surface area contributed by atoms with Gasteiger partial charge in [-0.3, -0.25) is 9.59 Å². The molecule has 0 saturated carbocycles. The molecule has 2 amide bonds. The van der Waals surface area contributed by atoms with Crippen molar-refractivity contribution in [2.24, 2.45) is 5.92 Å². The number of thiazole rings is 1. The number of hydrogen-bond acceptors (Lipinski definition) is 5. The van der Waals surface area contributed by atoms with Gasteiger partial charge in [-0.05, 0) is 40.2 Å². The molecule has 37 heavy (non-hydrogen) atoms. The SMILES string of the molecule is CC(C)C(C(=O)O)N(C)C(=O)c1ncc(C2=CC=CC(=C3C=CC(c4ccccc4)=CC3)C2NC=O)s1. The highest BCUT2D eigenvalue weighted by molar-refractivity contribution is 7.14. The lowest BCUT2D eigenvalue weighted by Crippen LogP contribution is -2.45. The van der Waals surface area contributed by atoms with Gasteiger partial charge in [-0.2, -0.15) is 0 Å². The predicted octanol–water partition coefficient (Wildman–Crippen LogP) is 4.73. The highest BCUT2D eigenvalue weighted by atomic mass is 32.1. The first-order valence-corrected chi connectivity index (χ1v) is 12.8. The third-order valence-corrected chi connectivity index (χ3v) is 7.52. The number of likely N-dealkylation sites (N-methyl/N-ethyl adjacent to an activating group) is 1. The minimum absolute atomic E-state index is 0.201. The van der Waals surface area contributed by atoms with E-state index >= 15 is 0 Å². The lowest BCUT2D eigenvalue weighted by Gasteiger charge is -2.27. The Bertz CT molecular complexity index is 1350. The van der Waals surface area contributed by atoms with Crippen LogP contribution in [0.4, 0.5) is 0 Å². The molecule has 8 heteroatoms. The standard InChI is InChI=1S/C29H29N3O4S/c1-18(2)26(29(35)36)32(3)28(34)27-30-16-24(37-27)23-11-7-10-22(25(23)31-17-33)21-14-12-20(13-15-21)19-8-5-4-6-9-19/h4-14,16-18,25-26H,15H2,1-3H3,(H,31,33)(H,35,36). The van der Waals surface area contributed by atoms with Gasteiger partial charge >= 0.3 is 5.97 Å². The van der Waals surface area contributed by atoms with Crippen LogP contribution in [0.2, 0.25) is 0 Å². The Hall–Kier alpha value is -4.04. The van der Waals surface area contributed by atoms with Gasteiger partial charge < -0.3 is 15.3 Å². The summed E-state index contributed by atoms with van der Waals surface area (Å²) in [4.78, 5) is 42.6. The largest absolute Gasteiger partial charge is 0.480 e. The number of rotatable bonds is 8. The Kier molecular flexibility index (Phi) is 7.98. The van der Waals surface area contributed by atoms with Crippen molar-refractivity contribution in [2.45, 2.75) is 32.4 Å². The Balaban J connectivity index is 1.59. The highest BCUT2D eigenvalue weighted by Gasteiger charge is 2.32. The fourth-order valence-electron chi connectivity index (χ4n) is 4.67. The smallest absolute Gasteiger partial charge is 0.326 e. The van der Waals surface area contributed by atoms with Crippen molar-refractivity contribution in [1.29, 1.82) is 0 Å². The molecule has 2 unspecified atom stereocenters. The number of carbonyl (C=O) groups is 3. The molecule has 1 aromatic heterocycles. The maximum Gasteiger partial charge on any atom is 0.326 e. The van der Waals surface area contributed by atoms with Crippen LogP contribution in [0.3, 0.4) is 0 Å². The number of benzene rings is 1. The first-order chi connectivity index (χ1) is 17.8. The molecule has 0 radical (unpaired) electrons. The Morgan fingerprint density at radius 1 is 1.19 bits per heavy atom. The number of carboxylic acids is 1. The summed E-state index contributed by atoms with van der Waals surface area (Å²) in [6.07, 6.45) is 15.2. The van der Waals surface area contributed by atoms with Gasteiger partial charge in [-0.15, -0.1) is 11.3 Å². The first kappa shape index (κ1) is 26.0. The topological polar surface area (TPSA) is 99.6 Å². The van der Waals surface area contributed by atoms with Gasteiger partial charge in [0, 0.05) is 13.2 Å². The van der Waals surface area contributed by atoms with Crippen molar-refractivity contribution >= 4 is 40.8 Å². The fraction of sp³-hybridized carbons (Fsp3) is 0.241. The summed E-state index contributed by atoms with van der Waals surface area (Å²) >= 11 is 1.19. The van der Waals surface area contributed by atoms with Gasteiger partial charge in [0.2, 0.25) is 6.41 Å². The molecule has 2 aliphatic carbocycles. The summed E-state index contributed by atoms with van der Waals surface area (Å²) in [7, 11) is 1.48. The summed E-state index contributed by atoms with van der Waals surface area (Å²) in [6.45, 7) is 3.52. The van der Waals surface area contributed by atoms with Crippen LogP contribution in [0.25, 0.3) is 11.1 Å². The van der Waals surface area contributed by atoms with Crippen molar-refractivity contribution < 1.29 is 19.5 Å². The Labute approximate surface area is 220 Å². The van der Waals surface area contributed by atoms with Crippen LogP contribution in [0, 0.1) is 5.92 Å². The van der Waals surface area contributed by atoms with Crippen molar-refractivity contribution in [1.82, 2.24) is 15.2 Å². The number of allylic oxidation sites excluding steroid dienone is 7. The fourth-order valence-corrected chi connectivity index (χ4v) is 5.62. The normalized spacial score (nSPS) is 19.7. The van der Waals surface area contributed by atoms with E-state index in [0.717, 1.165) is 32.7 Å². The van der Waals surface area contributed by atoms with Gasteiger partial charge in [0.25, 0.3) is 5.91 Å². The lowest BCUT2D eigenvalue weighted by molar-refractivity contribution is -0.143. The van der Waals surface area contributed by atoms with Gasteiger partial charge in [-0.25, -0.2) is 9.78 Å². The van der Waals surface area contributed by atoms with Crippen LogP contribution in [-0.4, -0.2) is 52.4 Å². The van der Waals surface area contributed by atoms with E-state index in [1.165, 1.54) is 23.3 Å². The molecule has 0 bridgehead atoms. The van der Waals surface area contributed by atoms with E-state index < -0.39 is 24.0 Å². The molecule has 2 aliphatic rings. The quantitative estimate of drug-likeness (QED) is 0.495. The number of carbonyl (C=O) groups excluding carboxylic acids is 2. The molecule has 2 atom stereocenters. The number of nitrogens with one attached hydrogen (secondary N) is 1.